The summed E-state index contributed by atoms with van der Waals surface area (Å²) < 4.78 is 17.3. The molecule has 0 saturated heterocycles. The van der Waals surface area contributed by atoms with Crippen molar-refractivity contribution in [3.05, 3.63) is 96.2 Å². The molecular formula is C28H25NO7. The molecule has 0 fully saturated rings. The first-order valence-corrected chi connectivity index (χ1v) is 11.4. The smallest absolute Gasteiger partial charge is 0.344 e. The Morgan fingerprint density at radius 3 is 2.28 bits per heavy atom. The number of pyridine rings is 1. The van der Waals surface area contributed by atoms with Gasteiger partial charge in [-0.3, -0.25) is 4.79 Å². The second-order valence-electron chi connectivity index (χ2n) is 8.07. The van der Waals surface area contributed by atoms with Crippen molar-refractivity contribution in [3.63, 3.8) is 0 Å². The van der Waals surface area contributed by atoms with Gasteiger partial charge in [-0.1, -0.05) is 42.5 Å². The zero-order valence-electron chi connectivity index (χ0n) is 19.4. The fourth-order valence-electron chi connectivity index (χ4n) is 3.53. The summed E-state index contributed by atoms with van der Waals surface area (Å²) in [5.74, 6) is -0.716. The molecule has 0 aliphatic carbocycles. The monoisotopic (exact) mass is 487 g/mol. The molecule has 3 aromatic carbocycles. The lowest BCUT2D eigenvalue weighted by Gasteiger charge is -2.15. The summed E-state index contributed by atoms with van der Waals surface area (Å²) in [4.78, 5) is 26.8. The van der Waals surface area contributed by atoms with E-state index in [1.165, 1.54) is 0 Å². The number of ether oxygens (including phenoxy) is 3. The van der Waals surface area contributed by atoms with Gasteiger partial charge in [-0.05, 0) is 42.0 Å². The molecule has 0 aliphatic heterocycles. The highest BCUT2D eigenvalue weighted by molar-refractivity contribution is 5.78. The van der Waals surface area contributed by atoms with Crippen LogP contribution in [0.1, 0.15) is 24.1 Å². The van der Waals surface area contributed by atoms with Gasteiger partial charge in [0, 0.05) is 24.3 Å². The minimum absolute atomic E-state index is 0.132. The highest BCUT2D eigenvalue weighted by Crippen LogP contribution is 2.23. The maximum absolute atomic E-state index is 11.4. The Balaban J connectivity index is 1.33. The molecule has 1 heterocycles. The van der Waals surface area contributed by atoms with E-state index in [0.29, 0.717) is 23.9 Å². The summed E-state index contributed by atoms with van der Waals surface area (Å²) in [5, 5.41) is 19.2. The second-order valence-corrected chi connectivity index (χ2v) is 8.07. The molecule has 2 N–H and O–H groups in total. The number of aromatic nitrogens is 1. The predicted molar refractivity (Wildman–Crippen MR) is 132 cm³/mol. The van der Waals surface area contributed by atoms with E-state index in [2.05, 4.69) is 4.98 Å². The minimum Gasteiger partial charge on any atom is -0.489 e. The molecule has 8 heteroatoms. The SMILES string of the molecule is O=C(O)CCC(Oc1cccc(COc2cccc(OCc3ccc4ccccc4n3)c2)c1)C(=O)O. The highest BCUT2D eigenvalue weighted by Gasteiger charge is 2.20. The van der Waals surface area contributed by atoms with Crippen molar-refractivity contribution in [3.8, 4) is 17.2 Å². The third-order valence-corrected chi connectivity index (χ3v) is 5.33. The quantitative estimate of drug-likeness (QED) is 0.284. The van der Waals surface area contributed by atoms with Crippen molar-refractivity contribution >= 4 is 22.8 Å². The van der Waals surface area contributed by atoms with Crippen molar-refractivity contribution in [2.45, 2.75) is 32.2 Å². The van der Waals surface area contributed by atoms with Crippen LogP contribution in [-0.4, -0.2) is 33.2 Å². The van der Waals surface area contributed by atoms with Crippen LogP contribution in [0.3, 0.4) is 0 Å². The van der Waals surface area contributed by atoms with E-state index in [1.807, 2.05) is 60.7 Å². The Labute approximate surface area is 207 Å². The van der Waals surface area contributed by atoms with Gasteiger partial charge >= 0.3 is 11.9 Å². The van der Waals surface area contributed by atoms with Gasteiger partial charge in [0.05, 0.1) is 11.2 Å². The third kappa shape index (κ3) is 6.96. The lowest BCUT2D eigenvalue weighted by Crippen LogP contribution is -2.27. The van der Waals surface area contributed by atoms with Gasteiger partial charge in [-0.2, -0.15) is 0 Å². The van der Waals surface area contributed by atoms with E-state index in [1.54, 1.807) is 24.3 Å². The number of hydrogen-bond acceptors (Lipinski definition) is 6. The average molecular weight is 488 g/mol. The van der Waals surface area contributed by atoms with Gasteiger partial charge in [0.15, 0.2) is 6.10 Å². The molecule has 184 valence electrons. The fourth-order valence-corrected chi connectivity index (χ4v) is 3.53. The standard InChI is InChI=1S/C28H25NO7/c30-27(31)14-13-26(28(32)33)36-24-9-3-5-19(15-24)17-34-22-7-4-8-23(16-22)35-18-21-12-11-20-6-1-2-10-25(20)29-21/h1-12,15-16,26H,13-14,17-18H2,(H,30,31)(H,32,33). The highest BCUT2D eigenvalue weighted by atomic mass is 16.5. The lowest BCUT2D eigenvalue weighted by molar-refractivity contribution is -0.146. The molecule has 0 aliphatic rings. The van der Waals surface area contributed by atoms with E-state index >= 15 is 0 Å². The predicted octanol–water partition coefficient (Wildman–Crippen LogP) is 5.09. The lowest BCUT2D eigenvalue weighted by atomic mass is 10.2. The van der Waals surface area contributed by atoms with E-state index < -0.39 is 18.0 Å². The molecule has 0 radical (unpaired) electrons. The van der Waals surface area contributed by atoms with E-state index in [4.69, 9.17) is 19.3 Å². The molecule has 1 aromatic heterocycles. The molecular weight excluding hydrogens is 462 g/mol. The topological polar surface area (TPSA) is 115 Å². The number of carboxylic acid groups (broad SMARTS) is 2. The number of aliphatic carboxylic acids is 2. The van der Waals surface area contributed by atoms with E-state index in [9.17, 15) is 14.7 Å². The third-order valence-electron chi connectivity index (χ3n) is 5.33. The molecule has 0 amide bonds. The number of fused-ring (bicyclic) bond motifs is 1. The first kappa shape index (κ1) is 24.5. The normalized spacial score (nSPS) is 11.6. The van der Waals surface area contributed by atoms with Crippen molar-refractivity contribution in [2.75, 3.05) is 0 Å². The Morgan fingerprint density at radius 2 is 1.50 bits per heavy atom. The van der Waals surface area contributed by atoms with Crippen LogP contribution in [-0.2, 0) is 22.8 Å². The van der Waals surface area contributed by atoms with Gasteiger partial charge in [-0.25, -0.2) is 9.78 Å². The van der Waals surface area contributed by atoms with E-state index in [-0.39, 0.29) is 19.4 Å². The van der Waals surface area contributed by atoms with Crippen molar-refractivity contribution in [1.82, 2.24) is 4.98 Å². The molecule has 8 nitrogen and oxygen atoms in total. The Bertz CT molecular complexity index is 1350. The number of carboxylic acids is 2. The molecule has 4 aromatic rings. The summed E-state index contributed by atoms with van der Waals surface area (Å²) in [6.45, 7) is 0.542. The number of nitrogens with zero attached hydrogens (tertiary/aromatic N) is 1. The van der Waals surface area contributed by atoms with Crippen LogP contribution in [0.4, 0.5) is 0 Å². The Morgan fingerprint density at radius 1 is 0.778 bits per heavy atom. The van der Waals surface area contributed by atoms with Crippen LogP contribution < -0.4 is 14.2 Å². The molecule has 0 saturated carbocycles. The Kier molecular flexibility index (Phi) is 7.97. The van der Waals surface area contributed by atoms with Crippen LogP contribution in [0.25, 0.3) is 10.9 Å². The van der Waals surface area contributed by atoms with Gasteiger partial charge in [0.25, 0.3) is 0 Å². The first-order valence-electron chi connectivity index (χ1n) is 11.4. The summed E-state index contributed by atoms with van der Waals surface area (Å²) in [6.07, 6.45) is -1.68. The second kappa shape index (κ2) is 11.7. The number of carbonyl (C=O) groups is 2. The maximum Gasteiger partial charge on any atom is 0.344 e. The number of hydrogen-bond donors (Lipinski definition) is 2. The molecule has 4 rings (SSSR count). The average Bonchev–Trinajstić information content (AvgIpc) is 2.89. The van der Waals surface area contributed by atoms with Gasteiger partial charge in [-0.15, -0.1) is 0 Å². The maximum atomic E-state index is 11.4. The van der Waals surface area contributed by atoms with Crippen LogP contribution in [0.5, 0.6) is 17.2 Å². The van der Waals surface area contributed by atoms with Crippen LogP contribution in [0.2, 0.25) is 0 Å². The van der Waals surface area contributed by atoms with Gasteiger partial charge in [0.2, 0.25) is 0 Å². The summed E-state index contributed by atoms with van der Waals surface area (Å²) >= 11 is 0. The number of benzene rings is 3. The van der Waals surface area contributed by atoms with Gasteiger partial charge < -0.3 is 24.4 Å². The van der Waals surface area contributed by atoms with Crippen LogP contribution in [0, 0.1) is 0 Å². The minimum atomic E-state index is -1.25. The number of rotatable bonds is 12. The molecule has 1 unspecified atom stereocenters. The summed E-state index contributed by atoms with van der Waals surface area (Å²) in [7, 11) is 0. The van der Waals surface area contributed by atoms with Crippen molar-refractivity contribution in [1.29, 1.82) is 0 Å². The van der Waals surface area contributed by atoms with Crippen molar-refractivity contribution < 1.29 is 34.0 Å². The van der Waals surface area contributed by atoms with Crippen LogP contribution >= 0.6 is 0 Å². The van der Waals surface area contributed by atoms with Crippen LogP contribution in [0.15, 0.2) is 84.9 Å². The largest absolute Gasteiger partial charge is 0.489 e. The fraction of sp³-hybridized carbons (Fsp3) is 0.179. The van der Waals surface area contributed by atoms with E-state index in [0.717, 1.165) is 22.2 Å². The first-order chi connectivity index (χ1) is 17.5. The zero-order valence-corrected chi connectivity index (χ0v) is 19.4. The molecule has 0 spiro atoms. The summed E-state index contributed by atoms with van der Waals surface area (Å²) in [5.41, 5.74) is 2.50. The van der Waals surface area contributed by atoms with Crippen molar-refractivity contribution in [2.24, 2.45) is 0 Å². The molecule has 0 bridgehead atoms. The van der Waals surface area contributed by atoms with Gasteiger partial charge in [0.1, 0.15) is 30.5 Å². The zero-order chi connectivity index (χ0) is 25.3. The molecule has 36 heavy (non-hydrogen) atoms. The summed E-state index contributed by atoms with van der Waals surface area (Å²) in [6, 6.07) is 26.0. The molecule has 1 atom stereocenters. The Hall–Kier alpha value is -4.59. The number of para-hydroxylation sites is 1.